The molecule has 0 fully saturated rings. The highest BCUT2D eigenvalue weighted by Gasteiger charge is 2.16. The molecule has 7 nitrogen and oxygen atoms in total. The van der Waals surface area contributed by atoms with E-state index in [9.17, 15) is 13.2 Å². The van der Waals surface area contributed by atoms with Gasteiger partial charge in [0, 0.05) is 11.9 Å². The second kappa shape index (κ2) is 5.96. The molecule has 1 unspecified atom stereocenters. The predicted molar refractivity (Wildman–Crippen MR) is 67.3 cm³/mol. The Morgan fingerprint density at radius 1 is 1.56 bits per heavy atom. The number of sulfonamides is 1. The van der Waals surface area contributed by atoms with Crippen LogP contribution in [0.1, 0.15) is 30.9 Å². The van der Waals surface area contributed by atoms with Crippen LogP contribution in [0.15, 0.2) is 6.20 Å². The first-order chi connectivity index (χ1) is 8.31. The zero-order chi connectivity index (χ0) is 13.8. The second-order valence-electron chi connectivity index (χ2n) is 4.07. The molecule has 0 spiro atoms. The van der Waals surface area contributed by atoms with Crippen LogP contribution >= 0.6 is 0 Å². The summed E-state index contributed by atoms with van der Waals surface area (Å²) in [6.07, 6.45) is 3.35. The summed E-state index contributed by atoms with van der Waals surface area (Å²) in [6.45, 7) is 3.51. The fraction of sp³-hybridized carbons (Fsp3) is 0.600. The van der Waals surface area contributed by atoms with Crippen molar-refractivity contribution in [3.63, 3.8) is 0 Å². The first-order valence-electron chi connectivity index (χ1n) is 5.57. The molecule has 0 aliphatic carbocycles. The van der Waals surface area contributed by atoms with Gasteiger partial charge in [-0.05, 0) is 13.3 Å². The third-order valence-corrected chi connectivity index (χ3v) is 2.96. The van der Waals surface area contributed by atoms with E-state index in [4.69, 9.17) is 0 Å². The lowest BCUT2D eigenvalue weighted by atomic mass is 10.2. The van der Waals surface area contributed by atoms with Gasteiger partial charge in [0.2, 0.25) is 15.9 Å². The molecule has 0 aliphatic rings. The summed E-state index contributed by atoms with van der Waals surface area (Å²) in [6, 6.07) is -0.243. The SMILES string of the molecule is CCC(NC(=O)CNS(C)(=O)=O)c1ncc(C)[nH]1. The summed E-state index contributed by atoms with van der Waals surface area (Å²) in [7, 11) is -3.36. The summed E-state index contributed by atoms with van der Waals surface area (Å²) in [5, 5.41) is 2.71. The lowest BCUT2D eigenvalue weighted by molar-refractivity contribution is -0.120. The molecule has 0 saturated heterocycles. The molecule has 18 heavy (non-hydrogen) atoms. The van der Waals surface area contributed by atoms with Gasteiger partial charge in [-0.25, -0.2) is 18.1 Å². The monoisotopic (exact) mass is 274 g/mol. The number of nitrogens with one attached hydrogen (secondary N) is 3. The number of H-pyrrole nitrogens is 1. The highest BCUT2D eigenvalue weighted by Crippen LogP contribution is 2.12. The highest BCUT2D eigenvalue weighted by atomic mass is 32.2. The number of hydrogen-bond acceptors (Lipinski definition) is 4. The van der Waals surface area contributed by atoms with Crippen molar-refractivity contribution in [1.82, 2.24) is 20.0 Å². The number of rotatable bonds is 6. The van der Waals surface area contributed by atoms with Crippen LogP contribution in [0.2, 0.25) is 0 Å². The molecule has 1 aromatic rings. The zero-order valence-electron chi connectivity index (χ0n) is 10.6. The molecule has 3 N–H and O–H groups in total. The molecule has 1 rings (SSSR count). The first kappa shape index (κ1) is 14.7. The van der Waals surface area contributed by atoms with E-state index in [-0.39, 0.29) is 18.5 Å². The van der Waals surface area contributed by atoms with E-state index < -0.39 is 10.0 Å². The molecule has 0 saturated carbocycles. The van der Waals surface area contributed by atoms with Gasteiger partial charge < -0.3 is 10.3 Å². The quantitative estimate of drug-likeness (QED) is 0.670. The summed E-state index contributed by atoms with van der Waals surface area (Å²) in [5.74, 6) is 0.282. The lowest BCUT2D eigenvalue weighted by Gasteiger charge is -2.14. The third-order valence-electron chi connectivity index (χ3n) is 2.29. The smallest absolute Gasteiger partial charge is 0.235 e. The Hall–Kier alpha value is -1.41. The number of hydrogen-bond donors (Lipinski definition) is 3. The number of nitrogens with zero attached hydrogens (tertiary/aromatic N) is 1. The van der Waals surface area contributed by atoms with Crippen molar-refractivity contribution in [2.45, 2.75) is 26.3 Å². The average Bonchev–Trinajstić information content (AvgIpc) is 2.69. The maximum Gasteiger partial charge on any atom is 0.235 e. The molecule has 102 valence electrons. The molecule has 0 aromatic carbocycles. The van der Waals surface area contributed by atoms with Gasteiger partial charge in [-0.1, -0.05) is 6.92 Å². The van der Waals surface area contributed by atoms with Gasteiger partial charge in [-0.15, -0.1) is 0 Å². The van der Waals surface area contributed by atoms with E-state index in [0.717, 1.165) is 11.9 Å². The average molecular weight is 274 g/mol. The molecule has 0 bridgehead atoms. The van der Waals surface area contributed by atoms with Crippen LogP contribution in [-0.4, -0.2) is 37.1 Å². The van der Waals surface area contributed by atoms with Crippen molar-refractivity contribution in [2.24, 2.45) is 0 Å². The van der Waals surface area contributed by atoms with Crippen molar-refractivity contribution < 1.29 is 13.2 Å². The maximum absolute atomic E-state index is 11.6. The van der Waals surface area contributed by atoms with E-state index in [0.29, 0.717) is 12.2 Å². The van der Waals surface area contributed by atoms with Crippen LogP contribution in [-0.2, 0) is 14.8 Å². The van der Waals surface area contributed by atoms with Crippen LogP contribution in [0.25, 0.3) is 0 Å². The van der Waals surface area contributed by atoms with Gasteiger partial charge in [0.15, 0.2) is 0 Å². The van der Waals surface area contributed by atoms with Gasteiger partial charge in [-0.2, -0.15) is 0 Å². The zero-order valence-corrected chi connectivity index (χ0v) is 11.5. The first-order valence-corrected chi connectivity index (χ1v) is 7.46. The molecular formula is C10H18N4O3S. The summed E-state index contributed by atoms with van der Waals surface area (Å²) in [4.78, 5) is 18.7. The highest BCUT2D eigenvalue weighted by molar-refractivity contribution is 7.88. The molecule has 0 aliphatic heterocycles. The Bertz CT molecular complexity index is 509. The number of aromatic amines is 1. The maximum atomic E-state index is 11.6. The fourth-order valence-corrected chi connectivity index (χ4v) is 1.81. The topological polar surface area (TPSA) is 104 Å². The number of amides is 1. The minimum atomic E-state index is -3.36. The van der Waals surface area contributed by atoms with Gasteiger partial charge in [0.05, 0.1) is 18.8 Å². The van der Waals surface area contributed by atoms with Crippen molar-refractivity contribution in [3.8, 4) is 0 Å². The number of carbonyl (C=O) groups excluding carboxylic acids is 1. The summed E-state index contributed by atoms with van der Waals surface area (Å²) >= 11 is 0. The predicted octanol–water partition coefficient (Wildman–Crippen LogP) is -0.165. The molecular weight excluding hydrogens is 256 g/mol. The Kier molecular flexibility index (Phi) is 4.85. The third kappa shape index (κ3) is 4.84. The van der Waals surface area contributed by atoms with Gasteiger partial charge >= 0.3 is 0 Å². The Morgan fingerprint density at radius 3 is 2.67 bits per heavy atom. The number of aryl methyl sites for hydroxylation is 1. The standard InChI is InChI=1S/C10H18N4O3S/c1-4-8(10-11-5-7(2)13-10)14-9(15)6-12-18(3,16)17/h5,8,12H,4,6H2,1-3H3,(H,11,13)(H,14,15). The minimum absolute atomic E-state index is 0.243. The molecule has 1 amide bonds. The largest absolute Gasteiger partial charge is 0.345 e. The second-order valence-corrected chi connectivity index (χ2v) is 5.91. The van der Waals surface area contributed by atoms with Gasteiger partial charge in [0.1, 0.15) is 5.82 Å². The van der Waals surface area contributed by atoms with Crippen LogP contribution in [0.3, 0.4) is 0 Å². The summed E-state index contributed by atoms with van der Waals surface area (Å²) < 4.78 is 23.8. The van der Waals surface area contributed by atoms with E-state index in [1.807, 2.05) is 13.8 Å². The van der Waals surface area contributed by atoms with E-state index in [2.05, 4.69) is 20.0 Å². The van der Waals surface area contributed by atoms with Crippen molar-refractivity contribution in [1.29, 1.82) is 0 Å². The summed E-state index contributed by atoms with van der Waals surface area (Å²) in [5.41, 5.74) is 0.909. The Balaban J connectivity index is 2.56. The van der Waals surface area contributed by atoms with Crippen molar-refractivity contribution in [2.75, 3.05) is 12.8 Å². The van der Waals surface area contributed by atoms with Crippen LogP contribution in [0.5, 0.6) is 0 Å². The van der Waals surface area contributed by atoms with Crippen LogP contribution in [0, 0.1) is 6.92 Å². The Labute approximate surface area is 106 Å². The lowest BCUT2D eigenvalue weighted by Crippen LogP contribution is -2.38. The Morgan fingerprint density at radius 2 is 2.22 bits per heavy atom. The van der Waals surface area contributed by atoms with Crippen LogP contribution in [0.4, 0.5) is 0 Å². The molecule has 1 heterocycles. The number of aromatic nitrogens is 2. The van der Waals surface area contributed by atoms with Crippen LogP contribution < -0.4 is 10.0 Å². The van der Waals surface area contributed by atoms with Crippen molar-refractivity contribution in [3.05, 3.63) is 17.7 Å². The number of imidazole rings is 1. The van der Waals surface area contributed by atoms with E-state index >= 15 is 0 Å². The van der Waals surface area contributed by atoms with E-state index in [1.165, 1.54) is 0 Å². The van der Waals surface area contributed by atoms with Gasteiger partial charge in [-0.3, -0.25) is 4.79 Å². The van der Waals surface area contributed by atoms with E-state index in [1.54, 1.807) is 6.20 Å². The van der Waals surface area contributed by atoms with Crippen molar-refractivity contribution >= 4 is 15.9 Å². The normalized spacial score (nSPS) is 13.3. The molecule has 1 aromatic heterocycles. The fourth-order valence-electron chi connectivity index (χ4n) is 1.42. The molecule has 8 heteroatoms. The number of carbonyl (C=O) groups is 1. The molecule has 1 atom stereocenters. The van der Waals surface area contributed by atoms with Gasteiger partial charge in [0.25, 0.3) is 0 Å². The molecule has 0 radical (unpaired) electrons. The minimum Gasteiger partial charge on any atom is -0.345 e.